The average molecular weight is 696 g/mol. The van der Waals surface area contributed by atoms with Crippen molar-refractivity contribution in [1.82, 2.24) is 9.47 Å². The molecule has 3 aromatic rings. The molecule has 8 nitrogen and oxygen atoms in total. The fraction of sp³-hybridized carbons (Fsp3) is 0.558. The molecular weight excluding hydrogens is 635 g/mol. The minimum absolute atomic E-state index is 0.0398. The van der Waals surface area contributed by atoms with Gasteiger partial charge in [0.05, 0.1) is 11.3 Å². The number of hydrogen-bond acceptors (Lipinski definition) is 6. The second-order valence-corrected chi connectivity index (χ2v) is 14.0. The summed E-state index contributed by atoms with van der Waals surface area (Å²) in [6, 6.07) is 18.4. The summed E-state index contributed by atoms with van der Waals surface area (Å²) in [5.41, 5.74) is 1.03. The Morgan fingerprint density at radius 2 is 1.31 bits per heavy atom. The van der Waals surface area contributed by atoms with Crippen molar-refractivity contribution in [2.75, 3.05) is 13.1 Å². The number of rotatable bonds is 22. The average Bonchev–Trinajstić information content (AvgIpc) is 3.16. The number of pyridine rings is 1. The maximum Gasteiger partial charge on any atom is 0.272 e. The van der Waals surface area contributed by atoms with Gasteiger partial charge in [0.1, 0.15) is 11.6 Å². The van der Waals surface area contributed by atoms with E-state index in [2.05, 4.69) is 57.8 Å². The van der Waals surface area contributed by atoms with Gasteiger partial charge in [-0.1, -0.05) is 142 Å². The topological polar surface area (TPSA) is 111 Å². The van der Waals surface area contributed by atoms with Gasteiger partial charge in [0.25, 0.3) is 11.5 Å². The van der Waals surface area contributed by atoms with Crippen LogP contribution in [0.3, 0.4) is 0 Å². The molecule has 0 spiro atoms. The number of carbonyl (C=O) groups excluding carboxylic acids is 1. The molecule has 0 bridgehead atoms. The monoisotopic (exact) mass is 695 g/mol. The van der Waals surface area contributed by atoms with E-state index in [4.69, 9.17) is 0 Å². The maximum atomic E-state index is 14.5. The number of amides is 1. The molecule has 3 rings (SSSR count). The first-order valence-electron chi connectivity index (χ1n) is 19.5. The summed E-state index contributed by atoms with van der Waals surface area (Å²) >= 11 is 0. The zero-order valence-corrected chi connectivity index (χ0v) is 32.0. The third-order valence-corrected chi connectivity index (χ3v) is 10.3. The van der Waals surface area contributed by atoms with Crippen LogP contribution in [0.4, 0.5) is 11.4 Å². The van der Waals surface area contributed by atoms with Gasteiger partial charge in [-0.2, -0.15) is 5.26 Å². The van der Waals surface area contributed by atoms with E-state index >= 15 is 0 Å². The summed E-state index contributed by atoms with van der Waals surface area (Å²) in [6.45, 7) is 14.7. The van der Waals surface area contributed by atoms with Crippen LogP contribution in [0, 0.1) is 29.1 Å². The van der Waals surface area contributed by atoms with E-state index < -0.39 is 5.56 Å². The molecule has 1 amide bonds. The Hall–Kier alpha value is -4.25. The maximum absolute atomic E-state index is 14.5. The third kappa shape index (κ3) is 11.4. The summed E-state index contributed by atoms with van der Waals surface area (Å²) in [5, 5.41) is 31.3. The Kier molecular flexibility index (Phi) is 17.6. The molecule has 0 fully saturated rings. The molecular formula is C43H61N5O3. The smallest absolute Gasteiger partial charge is 0.272 e. The standard InChI is InChI=1S/C43H61N5O3/c1-7-13-21-32(10-4)29-47(30-33(11-5)22-14-8-2)41(49)36-26-19-20-27-38(36)45-46-40-39(35-24-17-16-18-25-35)37(28-44)42(50)48(43(40)51)31-34(12-6)23-15-9-3/h16-20,24-27,32-34,51H,7-15,21-23,29-31H2,1-6H3/b46-45+. The highest BCUT2D eigenvalue weighted by Gasteiger charge is 2.27. The number of nitriles is 1. The number of carbonyl (C=O) groups is 1. The number of azo groups is 1. The van der Waals surface area contributed by atoms with Gasteiger partial charge in [0.15, 0.2) is 5.69 Å². The highest BCUT2D eigenvalue weighted by atomic mass is 16.3. The van der Waals surface area contributed by atoms with Crippen molar-refractivity contribution in [2.45, 2.75) is 125 Å². The van der Waals surface area contributed by atoms with E-state index in [9.17, 15) is 20.0 Å². The molecule has 8 heteroatoms. The fourth-order valence-corrected chi connectivity index (χ4v) is 6.84. The lowest BCUT2D eigenvalue weighted by Crippen LogP contribution is -2.39. The summed E-state index contributed by atoms with van der Waals surface area (Å²) in [7, 11) is 0. The van der Waals surface area contributed by atoms with Gasteiger partial charge in [-0.25, -0.2) is 0 Å². The van der Waals surface area contributed by atoms with E-state index in [1.807, 2.05) is 35.2 Å². The third-order valence-electron chi connectivity index (χ3n) is 10.3. The second-order valence-electron chi connectivity index (χ2n) is 14.0. The van der Waals surface area contributed by atoms with Crippen molar-refractivity contribution in [2.24, 2.45) is 28.0 Å². The SMILES string of the molecule is CCCCC(CC)CN(CC(CC)CCCC)C(=O)c1ccccc1/N=N/c1c(-c2ccccc2)c(C#N)c(=O)n(CC(CC)CCCC)c1O. The lowest BCUT2D eigenvalue weighted by Gasteiger charge is -2.31. The largest absolute Gasteiger partial charge is 0.493 e. The summed E-state index contributed by atoms with van der Waals surface area (Å²) in [4.78, 5) is 30.3. The Balaban J connectivity index is 2.17. The molecule has 0 aliphatic rings. The van der Waals surface area contributed by atoms with E-state index in [0.29, 0.717) is 41.7 Å². The van der Waals surface area contributed by atoms with Crippen molar-refractivity contribution >= 4 is 17.3 Å². The molecule has 2 aromatic carbocycles. The van der Waals surface area contributed by atoms with Crippen molar-refractivity contribution in [1.29, 1.82) is 5.26 Å². The predicted molar refractivity (Wildman–Crippen MR) is 209 cm³/mol. The minimum Gasteiger partial charge on any atom is -0.493 e. The number of aromatic nitrogens is 1. The predicted octanol–water partition coefficient (Wildman–Crippen LogP) is 11.6. The van der Waals surface area contributed by atoms with E-state index in [0.717, 1.165) is 77.0 Å². The molecule has 3 atom stereocenters. The van der Waals surface area contributed by atoms with Gasteiger partial charge in [-0.3, -0.25) is 14.2 Å². The van der Waals surface area contributed by atoms with Gasteiger partial charge in [0.2, 0.25) is 5.88 Å². The van der Waals surface area contributed by atoms with Crippen molar-refractivity contribution in [3.05, 3.63) is 76.1 Å². The van der Waals surface area contributed by atoms with Gasteiger partial charge < -0.3 is 10.0 Å². The van der Waals surface area contributed by atoms with Gasteiger partial charge >= 0.3 is 0 Å². The molecule has 1 aromatic heterocycles. The molecule has 1 N–H and O–H groups in total. The van der Waals surface area contributed by atoms with E-state index in [1.54, 1.807) is 24.3 Å². The first-order chi connectivity index (χ1) is 24.8. The molecule has 0 saturated heterocycles. The molecule has 51 heavy (non-hydrogen) atoms. The number of benzene rings is 2. The van der Waals surface area contributed by atoms with E-state index in [-0.39, 0.29) is 41.1 Å². The number of nitrogens with zero attached hydrogens (tertiary/aromatic N) is 5. The van der Waals surface area contributed by atoms with Crippen LogP contribution in [0.2, 0.25) is 0 Å². The van der Waals surface area contributed by atoms with Crippen LogP contribution in [0.15, 0.2) is 69.6 Å². The molecule has 0 radical (unpaired) electrons. The number of aromatic hydroxyl groups is 1. The Morgan fingerprint density at radius 1 is 0.784 bits per heavy atom. The summed E-state index contributed by atoms with van der Waals surface area (Å²) in [5.74, 6) is 0.556. The zero-order chi connectivity index (χ0) is 37.2. The van der Waals surface area contributed by atoms with Crippen LogP contribution >= 0.6 is 0 Å². The van der Waals surface area contributed by atoms with Crippen LogP contribution in [-0.2, 0) is 6.54 Å². The molecule has 0 saturated carbocycles. The minimum atomic E-state index is -0.545. The molecule has 0 aliphatic heterocycles. The van der Waals surface area contributed by atoms with Gasteiger partial charge in [-0.05, 0) is 54.7 Å². The highest BCUT2D eigenvalue weighted by Crippen LogP contribution is 2.40. The molecule has 0 aliphatic carbocycles. The Morgan fingerprint density at radius 3 is 1.84 bits per heavy atom. The fourth-order valence-electron chi connectivity index (χ4n) is 6.84. The first kappa shape index (κ1) is 41.2. The number of unbranched alkanes of at least 4 members (excludes halogenated alkanes) is 3. The van der Waals surface area contributed by atoms with Crippen molar-refractivity contribution in [3.63, 3.8) is 0 Å². The van der Waals surface area contributed by atoms with Crippen LogP contribution in [0.25, 0.3) is 11.1 Å². The quantitative estimate of drug-likeness (QED) is 0.105. The Labute approximate surface area is 306 Å². The van der Waals surface area contributed by atoms with Crippen LogP contribution < -0.4 is 5.56 Å². The van der Waals surface area contributed by atoms with Gasteiger partial charge in [-0.15, -0.1) is 10.2 Å². The van der Waals surface area contributed by atoms with Crippen LogP contribution in [0.5, 0.6) is 5.88 Å². The van der Waals surface area contributed by atoms with Crippen molar-refractivity contribution in [3.8, 4) is 23.1 Å². The second kappa shape index (κ2) is 21.9. The lowest BCUT2D eigenvalue weighted by atomic mass is 9.95. The highest BCUT2D eigenvalue weighted by molar-refractivity contribution is 5.99. The first-order valence-corrected chi connectivity index (χ1v) is 19.5. The normalized spacial score (nSPS) is 13.2. The van der Waals surface area contributed by atoms with E-state index in [1.165, 1.54) is 4.57 Å². The molecule has 276 valence electrons. The molecule has 1 heterocycles. The summed E-state index contributed by atoms with van der Waals surface area (Å²) < 4.78 is 1.28. The van der Waals surface area contributed by atoms with Gasteiger partial charge in [0, 0.05) is 25.2 Å². The number of hydrogen-bond donors (Lipinski definition) is 1. The van der Waals surface area contributed by atoms with Crippen LogP contribution in [0.1, 0.15) is 135 Å². The Bertz CT molecular complexity index is 1620. The van der Waals surface area contributed by atoms with Crippen molar-refractivity contribution < 1.29 is 9.90 Å². The molecule has 3 unspecified atom stereocenters. The van der Waals surface area contributed by atoms with Crippen LogP contribution in [-0.4, -0.2) is 33.6 Å². The lowest BCUT2D eigenvalue weighted by molar-refractivity contribution is 0.0685. The zero-order valence-electron chi connectivity index (χ0n) is 32.0. The summed E-state index contributed by atoms with van der Waals surface area (Å²) in [6.07, 6.45) is 12.5.